The Bertz CT molecular complexity index is 441. The van der Waals surface area contributed by atoms with Gasteiger partial charge in [0.05, 0.1) is 5.56 Å². The average Bonchev–Trinajstić information content (AvgIpc) is 2.41. The van der Waals surface area contributed by atoms with Gasteiger partial charge >= 0.3 is 0 Å². The Kier molecular flexibility index (Phi) is 5.06. The summed E-state index contributed by atoms with van der Waals surface area (Å²) in [4.78, 5) is 14.5. The first-order valence-electron chi connectivity index (χ1n) is 6.24. The molecule has 0 N–H and O–H groups in total. The van der Waals surface area contributed by atoms with Crippen molar-refractivity contribution in [3.8, 4) is 0 Å². The van der Waals surface area contributed by atoms with Gasteiger partial charge < -0.3 is 4.90 Å². The monoisotopic (exact) mass is 421 g/mol. The zero-order chi connectivity index (χ0) is 13.1. The van der Waals surface area contributed by atoms with Gasteiger partial charge in [-0.1, -0.05) is 28.1 Å². The molecule has 0 bridgehead atoms. The molecule has 1 aromatic carbocycles. The number of alkyl halides is 1. The van der Waals surface area contributed by atoms with Gasteiger partial charge in [-0.2, -0.15) is 0 Å². The second kappa shape index (κ2) is 6.37. The van der Waals surface area contributed by atoms with Crippen LogP contribution in [0.25, 0.3) is 0 Å². The number of amides is 1. The highest BCUT2D eigenvalue weighted by molar-refractivity contribution is 14.1. The van der Waals surface area contributed by atoms with Crippen molar-refractivity contribution in [1.29, 1.82) is 0 Å². The molecular weight excluding hydrogens is 405 g/mol. The van der Waals surface area contributed by atoms with Gasteiger partial charge in [-0.25, -0.2) is 0 Å². The molecule has 1 fully saturated rings. The van der Waals surface area contributed by atoms with E-state index in [1.165, 1.54) is 5.56 Å². The van der Waals surface area contributed by atoms with Crippen LogP contribution in [0.15, 0.2) is 18.2 Å². The predicted molar refractivity (Wildman–Crippen MR) is 86.3 cm³/mol. The Morgan fingerprint density at radius 2 is 2.11 bits per heavy atom. The van der Waals surface area contributed by atoms with Crippen molar-refractivity contribution >= 4 is 44.4 Å². The minimum absolute atomic E-state index is 0.191. The van der Waals surface area contributed by atoms with Gasteiger partial charge in [0.25, 0.3) is 5.91 Å². The molecule has 0 aliphatic carbocycles. The van der Waals surface area contributed by atoms with Crippen LogP contribution in [0.5, 0.6) is 0 Å². The highest BCUT2D eigenvalue weighted by atomic mass is 127. The lowest BCUT2D eigenvalue weighted by Gasteiger charge is -2.31. The third-order valence-electron chi connectivity index (χ3n) is 3.54. The number of rotatable bonds is 2. The van der Waals surface area contributed by atoms with Crippen LogP contribution in [0.1, 0.15) is 28.8 Å². The maximum atomic E-state index is 12.5. The zero-order valence-electron chi connectivity index (χ0n) is 10.5. The Labute approximate surface area is 130 Å². The van der Waals surface area contributed by atoms with Crippen molar-refractivity contribution in [3.05, 3.63) is 32.9 Å². The van der Waals surface area contributed by atoms with E-state index in [0.717, 1.165) is 46.3 Å². The number of hydrogen-bond donors (Lipinski definition) is 0. The van der Waals surface area contributed by atoms with Gasteiger partial charge in [-0.15, -0.1) is 0 Å². The fourth-order valence-electron chi connectivity index (χ4n) is 2.27. The largest absolute Gasteiger partial charge is 0.339 e. The molecule has 1 amide bonds. The third kappa shape index (κ3) is 3.07. The summed E-state index contributed by atoms with van der Waals surface area (Å²) in [6.07, 6.45) is 2.22. The Morgan fingerprint density at radius 1 is 1.44 bits per heavy atom. The molecule has 0 unspecified atom stereocenters. The van der Waals surface area contributed by atoms with Crippen LogP contribution in [0.4, 0.5) is 0 Å². The number of likely N-dealkylation sites (tertiary alicyclic amines) is 1. The zero-order valence-corrected chi connectivity index (χ0v) is 14.2. The van der Waals surface area contributed by atoms with E-state index in [2.05, 4.69) is 51.5 Å². The fourth-order valence-corrected chi connectivity index (χ4v) is 3.51. The fraction of sp³-hybridized carbons (Fsp3) is 0.500. The van der Waals surface area contributed by atoms with Crippen molar-refractivity contribution in [2.45, 2.75) is 19.8 Å². The number of halogens is 2. The molecule has 0 spiro atoms. The first-order chi connectivity index (χ1) is 8.63. The second-order valence-corrected chi connectivity index (χ2v) is 6.55. The molecule has 1 heterocycles. The topological polar surface area (TPSA) is 20.3 Å². The van der Waals surface area contributed by atoms with Crippen LogP contribution < -0.4 is 0 Å². The summed E-state index contributed by atoms with van der Waals surface area (Å²) < 4.78 is 1.09. The van der Waals surface area contributed by atoms with Gasteiger partial charge in [0, 0.05) is 22.0 Å². The number of hydrogen-bond acceptors (Lipinski definition) is 1. The predicted octanol–water partition coefficient (Wildman–Crippen LogP) is 3.85. The quantitative estimate of drug-likeness (QED) is 0.524. The van der Waals surface area contributed by atoms with Crippen LogP contribution in [0.3, 0.4) is 0 Å². The first kappa shape index (κ1) is 14.3. The molecule has 1 aliphatic rings. The molecule has 1 aromatic rings. The smallest absolute Gasteiger partial charge is 0.254 e. The van der Waals surface area contributed by atoms with Gasteiger partial charge in [0.15, 0.2) is 0 Å². The highest BCUT2D eigenvalue weighted by Gasteiger charge is 2.24. The number of carbonyl (C=O) groups excluding carboxylic acids is 1. The Balaban J connectivity index is 2.10. The van der Waals surface area contributed by atoms with Crippen molar-refractivity contribution < 1.29 is 4.79 Å². The minimum Gasteiger partial charge on any atom is -0.339 e. The second-order valence-electron chi connectivity index (χ2n) is 4.83. The van der Waals surface area contributed by atoms with E-state index in [1.807, 2.05) is 17.0 Å². The van der Waals surface area contributed by atoms with Gasteiger partial charge in [-0.05, 0) is 59.9 Å². The number of carbonyl (C=O) groups is 1. The molecule has 0 saturated carbocycles. The number of piperidine rings is 1. The van der Waals surface area contributed by atoms with E-state index in [0.29, 0.717) is 0 Å². The number of nitrogens with zero attached hydrogens (tertiary/aromatic N) is 1. The van der Waals surface area contributed by atoms with E-state index < -0.39 is 0 Å². The molecule has 98 valence electrons. The highest BCUT2D eigenvalue weighted by Crippen LogP contribution is 2.23. The average molecular weight is 422 g/mol. The normalized spacial score (nSPS) is 16.9. The summed E-state index contributed by atoms with van der Waals surface area (Å²) >= 11 is 5.80. The lowest BCUT2D eigenvalue weighted by Crippen LogP contribution is -2.39. The molecule has 0 atom stereocenters. The SMILES string of the molecule is Cc1cccc(C(=O)N2CCC(CBr)CC2)c1I. The molecule has 0 radical (unpaired) electrons. The Hall–Kier alpha value is -0.100. The molecule has 4 heteroatoms. The van der Waals surface area contributed by atoms with Gasteiger partial charge in [0.2, 0.25) is 0 Å². The first-order valence-corrected chi connectivity index (χ1v) is 8.44. The van der Waals surface area contributed by atoms with Crippen molar-refractivity contribution in [1.82, 2.24) is 4.90 Å². The standard InChI is InChI=1S/C14H17BrINO/c1-10-3-2-4-12(13(10)16)14(18)17-7-5-11(9-15)6-8-17/h2-4,11H,5-9H2,1H3. The molecule has 2 rings (SSSR count). The lowest BCUT2D eigenvalue weighted by atomic mass is 9.98. The van der Waals surface area contributed by atoms with Crippen LogP contribution in [-0.2, 0) is 0 Å². The molecule has 2 nitrogen and oxygen atoms in total. The maximum absolute atomic E-state index is 12.5. The summed E-state index contributed by atoms with van der Waals surface area (Å²) in [5.74, 6) is 0.918. The maximum Gasteiger partial charge on any atom is 0.254 e. The number of aryl methyl sites for hydroxylation is 1. The summed E-state index contributed by atoms with van der Waals surface area (Å²) in [7, 11) is 0. The minimum atomic E-state index is 0.191. The summed E-state index contributed by atoms with van der Waals surface area (Å²) in [6, 6.07) is 5.96. The van der Waals surface area contributed by atoms with Crippen LogP contribution in [0, 0.1) is 16.4 Å². The molecular formula is C14H17BrINO. The summed E-state index contributed by atoms with van der Waals surface area (Å²) in [5.41, 5.74) is 2.03. The van der Waals surface area contributed by atoms with Crippen molar-refractivity contribution in [2.24, 2.45) is 5.92 Å². The lowest BCUT2D eigenvalue weighted by molar-refractivity contribution is 0.0698. The third-order valence-corrected chi connectivity index (χ3v) is 5.89. The summed E-state index contributed by atoms with van der Waals surface area (Å²) in [6.45, 7) is 3.83. The van der Waals surface area contributed by atoms with Crippen LogP contribution in [0.2, 0.25) is 0 Å². The van der Waals surface area contributed by atoms with E-state index in [1.54, 1.807) is 0 Å². The van der Waals surface area contributed by atoms with Crippen molar-refractivity contribution in [2.75, 3.05) is 18.4 Å². The van der Waals surface area contributed by atoms with Gasteiger partial charge in [0.1, 0.15) is 0 Å². The van der Waals surface area contributed by atoms with E-state index in [-0.39, 0.29) is 5.91 Å². The molecule has 18 heavy (non-hydrogen) atoms. The van der Waals surface area contributed by atoms with Crippen LogP contribution in [-0.4, -0.2) is 29.2 Å². The van der Waals surface area contributed by atoms with E-state index in [4.69, 9.17) is 0 Å². The van der Waals surface area contributed by atoms with Crippen LogP contribution >= 0.6 is 38.5 Å². The number of benzene rings is 1. The van der Waals surface area contributed by atoms with E-state index in [9.17, 15) is 4.79 Å². The van der Waals surface area contributed by atoms with Crippen molar-refractivity contribution in [3.63, 3.8) is 0 Å². The molecule has 1 aliphatic heterocycles. The molecule has 0 aromatic heterocycles. The van der Waals surface area contributed by atoms with Gasteiger partial charge in [-0.3, -0.25) is 4.79 Å². The van der Waals surface area contributed by atoms with E-state index >= 15 is 0 Å². The molecule has 1 saturated heterocycles. The summed E-state index contributed by atoms with van der Waals surface area (Å²) in [5, 5.41) is 1.05. The Morgan fingerprint density at radius 3 is 2.72 bits per heavy atom.